The fourth-order valence-corrected chi connectivity index (χ4v) is 4.42. The van der Waals surface area contributed by atoms with E-state index in [1.807, 2.05) is 6.92 Å². The molecule has 1 N–H and O–H groups in total. The molecular formula is C22H25F4NO3S. The Balaban J connectivity index is 2.12. The van der Waals surface area contributed by atoms with E-state index in [4.69, 9.17) is 9.84 Å². The second-order valence-electron chi connectivity index (χ2n) is 7.96. The Bertz CT molecular complexity index is 882. The van der Waals surface area contributed by atoms with Crippen LogP contribution in [-0.2, 0) is 22.6 Å². The summed E-state index contributed by atoms with van der Waals surface area (Å²) >= 11 is 1.40. The maximum atomic E-state index is 14.2. The van der Waals surface area contributed by atoms with Gasteiger partial charge in [0.1, 0.15) is 12.7 Å². The number of unbranched alkanes of at least 4 members (excludes halogenated alkanes) is 1. The van der Waals surface area contributed by atoms with E-state index in [0.29, 0.717) is 4.91 Å². The van der Waals surface area contributed by atoms with Crippen molar-refractivity contribution in [1.82, 2.24) is 0 Å². The van der Waals surface area contributed by atoms with E-state index >= 15 is 0 Å². The summed E-state index contributed by atoms with van der Waals surface area (Å²) in [6.07, 6.45) is 3.05. The molecule has 31 heavy (non-hydrogen) atoms. The SMILES string of the molecule is CCCCS/C(C#N)=C/[C@@H]1[C@@H](C(=O)OCc2c(F)c(F)c(CCO)c(F)c2F)C1(C)C. The topological polar surface area (TPSA) is 70.3 Å². The van der Waals surface area contributed by atoms with Gasteiger partial charge >= 0.3 is 5.97 Å². The molecule has 9 heteroatoms. The smallest absolute Gasteiger partial charge is 0.310 e. The lowest BCUT2D eigenvalue weighted by molar-refractivity contribution is -0.147. The third kappa shape index (κ3) is 5.42. The second kappa shape index (κ2) is 10.5. The lowest BCUT2D eigenvalue weighted by Gasteiger charge is -2.12. The normalized spacial score (nSPS) is 19.8. The molecule has 1 saturated carbocycles. The monoisotopic (exact) mass is 459 g/mol. The van der Waals surface area contributed by atoms with Crippen LogP contribution >= 0.6 is 11.8 Å². The molecule has 0 bridgehead atoms. The van der Waals surface area contributed by atoms with Crippen molar-refractivity contribution < 1.29 is 32.2 Å². The number of carbonyl (C=O) groups is 1. The Kier molecular flexibility index (Phi) is 8.55. The maximum Gasteiger partial charge on any atom is 0.310 e. The minimum Gasteiger partial charge on any atom is -0.460 e. The molecule has 1 aromatic carbocycles. The zero-order chi connectivity index (χ0) is 23.3. The van der Waals surface area contributed by atoms with Gasteiger partial charge in [0.2, 0.25) is 0 Å². The number of rotatable bonds is 10. The van der Waals surface area contributed by atoms with Crippen molar-refractivity contribution in [1.29, 1.82) is 5.26 Å². The third-order valence-electron chi connectivity index (χ3n) is 5.53. The van der Waals surface area contributed by atoms with Gasteiger partial charge in [-0.25, -0.2) is 17.6 Å². The average Bonchev–Trinajstić information content (AvgIpc) is 3.28. The van der Waals surface area contributed by atoms with Crippen molar-refractivity contribution in [2.24, 2.45) is 17.3 Å². The van der Waals surface area contributed by atoms with Crippen molar-refractivity contribution in [2.45, 2.75) is 46.6 Å². The summed E-state index contributed by atoms with van der Waals surface area (Å²) in [5, 5.41) is 18.1. The number of thioether (sulfide) groups is 1. The Morgan fingerprint density at radius 3 is 2.29 bits per heavy atom. The van der Waals surface area contributed by atoms with Crippen molar-refractivity contribution in [3.63, 3.8) is 0 Å². The molecule has 0 amide bonds. The summed E-state index contributed by atoms with van der Waals surface area (Å²) in [6.45, 7) is 3.99. The van der Waals surface area contributed by atoms with Gasteiger partial charge in [-0.3, -0.25) is 4.79 Å². The molecule has 2 atom stereocenters. The van der Waals surface area contributed by atoms with Crippen molar-refractivity contribution in [2.75, 3.05) is 12.4 Å². The predicted molar refractivity (Wildman–Crippen MR) is 109 cm³/mol. The Morgan fingerprint density at radius 1 is 1.19 bits per heavy atom. The Hall–Kier alpha value is -2.05. The number of esters is 1. The molecule has 0 aliphatic heterocycles. The first-order valence-electron chi connectivity index (χ1n) is 9.97. The number of allylic oxidation sites excluding steroid dienone is 2. The molecule has 0 aromatic heterocycles. The summed E-state index contributed by atoms with van der Waals surface area (Å²) in [7, 11) is 0. The van der Waals surface area contributed by atoms with Gasteiger partial charge in [-0.05, 0) is 23.5 Å². The molecule has 2 rings (SSSR count). The summed E-state index contributed by atoms with van der Waals surface area (Å²) in [4.78, 5) is 13.0. The molecule has 1 aromatic rings. The second-order valence-corrected chi connectivity index (χ2v) is 9.10. The van der Waals surface area contributed by atoms with Gasteiger partial charge in [-0.2, -0.15) is 5.26 Å². The fraction of sp³-hybridized carbons (Fsp3) is 0.545. The van der Waals surface area contributed by atoms with E-state index in [2.05, 4.69) is 6.07 Å². The van der Waals surface area contributed by atoms with Crippen molar-refractivity contribution in [3.8, 4) is 6.07 Å². The van der Waals surface area contributed by atoms with Gasteiger partial charge in [-0.15, -0.1) is 11.8 Å². The molecule has 1 aliphatic rings. The molecule has 170 valence electrons. The van der Waals surface area contributed by atoms with E-state index < -0.39 is 71.3 Å². The lowest BCUT2D eigenvalue weighted by Crippen LogP contribution is -2.15. The summed E-state index contributed by atoms with van der Waals surface area (Å²) < 4.78 is 61.4. The van der Waals surface area contributed by atoms with Crippen LogP contribution in [0.1, 0.15) is 44.7 Å². The lowest BCUT2D eigenvalue weighted by atomic mass is 10.1. The number of aliphatic hydroxyl groups is 1. The first kappa shape index (κ1) is 25.2. The van der Waals surface area contributed by atoms with E-state index in [1.54, 1.807) is 19.9 Å². The van der Waals surface area contributed by atoms with E-state index in [-0.39, 0.29) is 5.92 Å². The van der Waals surface area contributed by atoms with Crippen LogP contribution in [0.15, 0.2) is 11.0 Å². The molecule has 1 aliphatic carbocycles. The van der Waals surface area contributed by atoms with Crippen molar-refractivity contribution in [3.05, 3.63) is 45.4 Å². The van der Waals surface area contributed by atoms with Gasteiger partial charge in [0.25, 0.3) is 0 Å². The largest absolute Gasteiger partial charge is 0.460 e. The van der Waals surface area contributed by atoms with E-state index in [0.717, 1.165) is 18.6 Å². The predicted octanol–water partition coefficient (Wildman–Crippen LogP) is 5.03. The number of hydrogen-bond acceptors (Lipinski definition) is 5. The van der Waals surface area contributed by atoms with Crippen LogP contribution in [0.3, 0.4) is 0 Å². The van der Waals surface area contributed by atoms with Crippen LogP contribution in [0.2, 0.25) is 0 Å². The molecule has 1 fully saturated rings. The summed E-state index contributed by atoms with van der Waals surface area (Å²) in [5.74, 6) is -7.46. The first-order valence-corrected chi connectivity index (χ1v) is 11.0. The zero-order valence-electron chi connectivity index (χ0n) is 17.6. The van der Waals surface area contributed by atoms with Crippen LogP contribution in [0.25, 0.3) is 0 Å². The van der Waals surface area contributed by atoms with Crippen LogP contribution in [0, 0.1) is 51.9 Å². The number of ether oxygens (including phenoxy) is 1. The Morgan fingerprint density at radius 2 is 1.77 bits per heavy atom. The van der Waals surface area contributed by atoms with E-state index in [9.17, 15) is 27.6 Å². The zero-order valence-corrected chi connectivity index (χ0v) is 18.4. The fourth-order valence-electron chi connectivity index (χ4n) is 3.46. The van der Waals surface area contributed by atoms with Gasteiger partial charge in [0.05, 0.1) is 16.4 Å². The highest BCUT2D eigenvalue weighted by atomic mass is 32.2. The first-order chi connectivity index (χ1) is 14.6. The molecular weight excluding hydrogens is 434 g/mol. The highest BCUT2D eigenvalue weighted by molar-refractivity contribution is 8.03. The standard InChI is InChI=1S/C22H25F4NO3S/c1-4-5-8-31-12(10-27)9-15-16(22(15,2)3)21(29)30-11-14-19(25)17(23)13(6-7-28)18(24)20(14)26/h9,15-16,28H,4-8,11H2,1-3H3/b12-9+/t15-,16+/m1/s1. The number of benzene rings is 1. The van der Waals surface area contributed by atoms with E-state index in [1.165, 1.54) is 11.8 Å². The average molecular weight is 460 g/mol. The quantitative estimate of drug-likeness (QED) is 0.175. The molecule has 0 unspecified atom stereocenters. The summed E-state index contributed by atoms with van der Waals surface area (Å²) in [5.41, 5.74) is -2.45. The number of hydrogen-bond donors (Lipinski definition) is 1. The minimum atomic E-state index is -1.65. The van der Waals surface area contributed by atoms with Crippen molar-refractivity contribution >= 4 is 17.7 Å². The number of halogens is 4. The minimum absolute atomic E-state index is 0.293. The summed E-state index contributed by atoms with van der Waals surface area (Å²) in [6, 6.07) is 2.10. The van der Waals surface area contributed by atoms with Crippen LogP contribution in [-0.4, -0.2) is 23.4 Å². The number of aliphatic hydroxyl groups excluding tert-OH is 1. The highest BCUT2D eigenvalue weighted by Gasteiger charge is 2.61. The van der Waals surface area contributed by atoms with Crippen LogP contribution in [0.4, 0.5) is 17.6 Å². The molecule has 0 radical (unpaired) electrons. The highest BCUT2D eigenvalue weighted by Crippen LogP contribution is 2.60. The number of carbonyl (C=O) groups excluding carboxylic acids is 1. The maximum absolute atomic E-state index is 14.2. The van der Waals surface area contributed by atoms with Gasteiger partial charge < -0.3 is 9.84 Å². The Labute approximate surface area is 183 Å². The van der Waals surface area contributed by atoms with Crippen LogP contribution in [0.5, 0.6) is 0 Å². The van der Waals surface area contributed by atoms with Gasteiger partial charge in [-0.1, -0.05) is 33.3 Å². The molecule has 0 saturated heterocycles. The molecule has 4 nitrogen and oxygen atoms in total. The third-order valence-corrected chi connectivity index (χ3v) is 6.56. The molecule has 0 spiro atoms. The van der Waals surface area contributed by atoms with Gasteiger partial charge in [0, 0.05) is 18.6 Å². The molecule has 0 heterocycles. The van der Waals surface area contributed by atoms with Crippen LogP contribution < -0.4 is 0 Å². The number of nitrogens with zero attached hydrogens (tertiary/aromatic N) is 1. The van der Waals surface area contributed by atoms with Gasteiger partial charge in [0.15, 0.2) is 23.3 Å². The number of nitriles is 1.